The lowest BCUT2D eigenvalue weighted by Gasteiger charge is -2.33. The van der Waals surface area contributed by atoms with Crippen molar-refractivity contribution < 1.29 is 4.79 Å². The maximum Gasteiger partial charge on any atom is 0.254 e. The van der Waals surface area contributed by atoms with Gasteiger partial charge in [-0.05, 0) is 62.6 Å². The molecule has 0 aromatic carbocycles. The van der Waals surface area contributed by atoms with Gasteiger partial charge in [0.15, 0.2) is 0 Å². The molecular weight excluding hydrogens is 326 g/mol. The number of carbonyl (C=O) groups excluding carboxylic acids is 1. The summed E-state index contributed by atoms with van der Waals surface area (Å²) in [5, 5.41) is 7.22. The van der Waals surface area contributed by atoms with E-state index in [9.17, 15) is 4.79 Å². The Labute approximate surface area is 154 Å². The zero-order valence-electron chi connectivity index (χ0n) is 15.4. The molecule has 0 radical (unpaired) electrons. The van der Waals surface area contributed by atoms with Crippen molar-refractivity contribution in [2.24, 2.45) is 5.92 Å². The van der Waals surface area contributed by atoms with Gasteiger partial charge in [-0.25, -0.2) is 4.98 Å². The number of pyridine rings is 1. The Morgan fingerprint density at radius 2 is 2.12 bits per heavy atom. The smallest absolute Gasteiger partial charge is 0.254 e. The van der Waals surface area contributed by atoms with Crippen LogP contribution in [-0.2, 0) is 6.42 Å². The van der Waals surface area contributed by atoms with Crippen molar-refractivity contribution in [1.29, 1.82) is 0 Å². The number of carbonyl (C=O) groups is 1. The highest BCUT2D eigenvalue weighted by molar-refractivity contribution is 5.95. The molecule has 4 heterocycles. The summed E-state index contributed by atoms with van der Waals surface area (Å²) in [7, 11) is 0. The molecule has 0 bridgehead atoms. The second-order valence-electron chi connectivity index (χ2n) is 7.59. The van der Waals surface area contributed by atoms with E-state index >= 15 is 0 Å². The van der Waals surface area contributed by atoms with Crippen molar-refractivity contribution in [1.82, 2.24) is 20.1 Å². The molecule has 2 fully saturated rings. The normalized spacial score (nSPS) is 20.6. The van der Waals surface area contributed by atoms with Crippen LogP contribution in [0.5, 0.6) is 0 Å². The molecule has 0 saturated carbocycles. The van der Waals surface area contributed by atoms with Crippen LogP contribution in [0.25, 0.3) is 0 Å². The number of aryl methyl sites for hydroxylation is 1. The van der Waals surface area contributed by atoms with Crippen molar-refractivity contribution >= 4 is 11.7 Å². The number of hydrogen-bond donors (Lipinski definition) is 1. The van der Waals surface area contributed by atoms with Crippen molar-refractivity contribution in [2.45, 2.75) is 39.0 Å². The molecule has 26 heavy (non-hydrogen) atoms. The number of aromatic nitrogens is 3. The first-order valence-corrected chi connectivity index (χ1v) is 9.70. The largest absolute Gasteiger partial charge is 0.357 e. The van der Waals surface area contributed by atoms with Gasteiger partial charge in [0.25, 0.3) is 5.91 Å². The van der Waals surface area contributed by atoms with Crippen LogP contribution >= 0.6 is 0 Å². The molecule has 138 valence electrons. The maximum absolute atomic E-state index is 13.0. The number of aromatic amines is 1. The van der Waals surface area contributed by atoms with Crippen LogP contribution in [0.3, 0.4) is 0 Å². The van der Waals surface area contributed by atoms with E-state index in [-0.39, 0.29) is 5.91 Å². The van der Waals surface area contributed by atoms with Crippen molar-refractivity contribution in [3.8, 4) is 0 Å². The summed E-state index contributed by atoms with van der Waals surface area (Å²) in [4.78, 5) is 21.8. The number of rotatable bonds is 4. The van der Waals surface area contributed by atoms with Gasteiger partial charge in [-0.3, -0.25) is 9.89 Å². The monoisotopic (exact) mass is 353 g/mol. The van der Waals surface area contributed by atoms with Gasteiger partial charge in [0, 0.05) is 43.6 Å². The standard InChI is InChI=1S/C20H27N5O/c1-15-13-22-23-18(15)11-16-5-4-10-25(14-16)20(26)17-6-7-21-19(12-17)24-8-2-3-9-24/h6-7,12-13,16H,2-5,8-11,14H2,1H3,(H,22,23)/t16-/m0/s1. The molecule has 2 aliphatic heterocycles. The lowest BCUT2D eigenvalue weighted by Crippen LogP contribution is -2.40. The summed E-state index contributed by atoms with van der Waals surface area (Å²) >= 11 is 0. The predicted molar refractivity (Wildman–Crippen MR) is 101 cm³/mol. The molecule has 1 N–H and O–H groups in total. The van der Waals surface area contributed by atoms with Crippen LogP contribution in [0.4, 0.5) is 5.82 Å². The van der Waals surface area contributed by atoms with E-state index < -0.39 is 0 Å². The Hall–Kier alpha value is -2.37. The van der Waals surface area contributed by atoms with Crippen LogP contribution in [-0.4, -0.2) is 52.2 Å². The van der Waals surface area contributed by atoms with Crippen LogP contribution < -0.4 is 4.90 Å². The Balaban J connectivity index is 1.44. The molecular formula is C20H27N5O. The number of hydrogen-bond acceptors (Lipinski definition) is 4. The molecule has 2 aromatic heterocycles. The number of piperidine rings is 1. The van der Waals surface area contributed by atoms with Crippen LogP contribution in [0.15, 0.2) is 24.5 Å². The first-order chi connectivity index (χ1) is 12.7. The van der Waals surface area contributed by atoms with E-state index in [1.165, 1.54) is 24.1 Å². The van der Waals surface area contributed by atoms with Gasteiger partial charge in [-0.2, -0.15) is 5.10 Å². The van der Waals surface area contributed by atoms with Gasteiger partial charge >= 0.3 is 0 Å². The predicted octanol–water partition coefficient (Wildman–Crippen LogP) is 2.81. The van der Waals surface area contributed by atoms with Crippen molar-refractivity contribution in [3.63, 3.8) is 0 Å². The van der Waals surface area contributed by atoms with Gasteiger partial charge in [-0.15, -0.1) is 0 Å². The van der Waals surface area contributed by atoms with Gasteiger partial charge in [0.05, 0.1) is 6.20 Å². The number of H-pyrrole nitrogens is 1. The van der Waals surface area contributed by atoms with E-state index in [0.29, 0.717) is 5.92 Å². The molecule has 1 atom stereocenters. The fraction of sp³-hybridized carbons (Fsp3) is 0.550. The lowest BCUT2D eigenvalue weighted by molar-refractivity contribution is 0.0672. The third kappa shape index (κ3) is 3.59. The van der Waals surface area contributed by atoms with Gasteiger partial charge in [0.2, 0.25) is 0 Å². The minimum atomic E-state index is 0.138. The van der Waals surface area contributed by atoms with E-state index in [1.54, 1.807) is 6.20 Å². The average Bonchev–Trinajstić information content (AvgIpc) is 3.34. The Kier molecular flexibility index (Phi) is 4.91. The third-order valence-electron chi connectivity index (χ3n) is 5.66. The number of amides is 1. The summed E-state index contributed by atoms with van der Waals surface area (Å²) in [6.07, 6.45) is 9.26. The van der Waals surface area contributed by atoms with Gasteiger partial charge < -0.3 is 9.80 Å². The summed E-state index contributed by atoms with van der Waals surface area (Å²) in [6, 6.07) is 3.82. The third-order valence-corrected chi connectivity index (χ3v) is 5.66. The molecule has 1 amide bonds. The second-order valence-corrected chi connectivity index (χ2v) is 7.59. The molecule has 0 spiro atoms. The number of anilines is 1. The van der Waals surface area contributed by atoms with Gasteiger partial charge in [0.1, 0.15) is 5.82 Å². The first-order valence-electron chi connectivity index (χ1n) is 9.70. The summed E-state index contributed by atoms with van der Waals surface area (Å²) in [5.41, 5.74) is 3.17. The van der Waals surface area contributed by atoms with E-state index in [2.05, 4.69) is 27.0 Å². The Morgan fingerprint density at radius 1 is 1.27 bits per heavy atom. The molecule has 2 aromatic rings. The number of nitrogens with zero attached hydrogens (tertiary/aromatic N) is 4. The SMILES string of the molecule is Cc1cn[nH]c1C[C@@H]1CCCN(C(=O)c2ccnc(N3CCCC3)c2)C1. The Morgan fingerprint density at radius 3 is 2.88 bits per heavy atom. The van der Waals surface area contributed by atoms with Crippen LogP contribution in [0.1, 0.15) is 47.3 Å². The van der Waals surface area contributed by atoms with E-state index in [4.69, 9.17) is 0 Å². The molecule has 0 unspecified atom stereocenters. The zero-order valence-corrected chi connectivity index (χ0v) is 15.4. The molecule has 2 aliphatic rings. The molecule has 2 saturated heterocycles. The van der Waals surface area contributed by atoms with Crippen LogP contribution in [0, 0.1) is 12.8 Å². The molecule has 6 heteroatoms. The summed E-state index contributed by atoms with van der Waals surface area (Å²) in [5.74, 6) is 1.57. The topological polar surface area (TPSA) is 65.1 Å². The Bertz CT molecular complexity index is 765. The first kappa shape index (κ1) is 17.1. The highest BCUT2D eigenvalue weighted by atomic mass is 16.2. The maximum atomic E-state index is 13.0. The zero-order chi connectivity index (χ0) is 17.9. The second kappa shape index (κ2) is 7.48. The number of nitrogens with one attached hydrogen (secondary N) is 1. The molecule has 4 rings (SSSR count). The fourth-order valence-electron chi connectivity index (χ4n) is 4.14. The minimum Gasteiger partial charge on any atom is -0.357 e. The van der Waals surface area contributed by atoms with Gasteiger partial charge in [-0.1, -0.05) is 0 Å². The lowest BCUT2D eigenvalue weighted by atomic mass is 9.92. The van der Waals surface area contributed by atoms with E-state index in [1.807, 2.05) is 23.2 Å². The highest BCUT2D eigenvalue weighted by Gasteiger charge is 2.26. The molecule has 6 nitrogen and oxygen atoms in total. The highest BCUT2D eigenvalue weighted by Crippen LogP contribution is 2.24. The fourth-order valence-corrected chi connectivity index (χ4v) is 4.14. The molecule has 0 aliphatic carbocycles. The average molecular weight is 353 g/mol. The van der Waals surface area contributed by atoms with Crippen molar-refractivity contribution in [3.05, 3.63) is 41.3 Å². The number of likely N-dealkylation sites (tertiary alicyclic amines) is 1. The minimum absolute atomic E-state index is 0.138. The van der Waals surface area contributed by atoms with Crippen molar-refractivity contribution in [2.75, 3.05) is 31.1 Å². The van der Waals surface area contributed by atoms with Crippen LogP contribution in [0.2, 0.25) is 0 Å². The quantitative estimate of drug-likeness (QED) is 0.918. The van der Waals surface area contributed by atoms with E-state index in [0.717, 1.165) is 56.8 Å². The summed E-state index contributed by atoms with van der Waals surface area (Å²) < 4.78 is 0. The summed E-state index contributed by atoms with van der Waals surface area (Å²) in [6.45, 7) is 5.83.